The summed E-state index contributed by atoms with van der Waals surface area (Å²) < 4.78 is 0. The molecule has 0 saturated heterocycles. The number of nitriles is 1. The zero-order valence-electron chi connectivity index (χ0n) is 7.67. The molecule has 2 rings (SSSR count). The molecule has 0 spiro atoms. The molecule has 0 bridgehead atoms. The van der Waals surface area contributed by atoms with Crippen LogP contribution in [0.5, 0.6) is 0 Å². The highest BCUT2D eigenvalue weighted by molar-refractivity contribution is 5.57. The lowest BCUT2D eigenvalue weighted by Crippen LogP contribution is -2.21. The van der Waals surface area contributed by atoms with E-state index in [0.29, 0.717) is 6.04 Å². The van der Waals surface area contributed by atoms with Gasteiger partial charge in [-0.2, -0.15) is 5.26 Å². The van der Waals surface area contributed by atoms with Crippen LogP contribution in [0.15, 0.2) is 18.2 Å². The second-order valence-electron chi connectivity index (χ2n) is 3.57. The molecule has 1 atom stereocenters. The van der Waals surface area contributed by atoms with E-state index in [1.165, 1.54) is 12.0 Å². The van der Waals surface area contributed by atoms with Crippen LogP contribution in [0.3, 0.4) is 0 Å². The number of fused-ring (bicyclic) bond motifs is 1. The number of aryl methyl sites for hydroxylation is 1. The number of nitrogens with one attached hydrogen (secondary N) is 1. The lowest BCUT2D eigenvalue weighted by Gasteiger charge is -2.23. The van der Waals surface area contributed by atoms with Gasteiger partial charge in [0.25, 0.3) is 0 Å². The second kappa shape index (κ2) is 3.10. The molecule has 0 aliphatic carbocycles. The predicted octanol–water partition coefficient (Wildman–Crippen LogP) is 2.30. The Morgan fingerprint density at radius 2 is 2.38 bits per heavy atom. The molecule has 0 saturated carbocycles. The fraction of sp³-hybridized carbons (Fsp3) is 0.364. The monoisotopic (exact) mass is 172 g/mol. The molecular formula is C11H12N2. The smallest absolute Gasteiger partial charge is 0.0992 e. The first kappa shape index (κ1) is 8.12. The Balaban J connectivity index is 2.39. The summed E-state index contributed by atoms with van der Waals surface area (Å²) in [5.74, 6) is 0. The first-order valence-corrected chi connectivity index (χ1v) is 4.59. The minimum absolute atomic E-state index is 0.529. The molecule has 0 radical (unpaired) electrons. The van der Waals surface area contributed by atoms with Gasteiger partial charge in [-0.15, -0.1) is 0 Å². The van der Waals surface area contributed by atoms with Gasteiger partial charge in [-0.05, 0) is 37.5 Å². The quantitative estimate of drug-likeness (QED) is 0.651. The van der Waals surface area contributed by atoms with Gasteiger partial charge in [-0.25, -0.2) is 0 Å². The van der Waals surface area contributed by atoms with Crippen LogP contribution in [0.25, 0.3) is 0 Å². The molecule has 1 aromatic rings. The van der Waals surface area contributed by atoms with Gasteiger partial charge in [-0.3, -0.25) is 0 Å². The minimum atomic E-state index is 0.529. The van der Waals surface area contributed by atoms with Gasteiger partial charge >= 0.3 is 0 Å². The first-order valence-electron chi connectivity index (χ1n) is 4.59. The number of nitrogens with zero attached hydrogens (tertiary/aromatic N) is 1. The summed E-state index contributed by atoms with van der Waals surface area (Å²) in [5, 5.41) is 12.1. The van der Waals surface area contributed by atoms with E-state index in [4.69, 9.17) is 5.26 Å². The van der Waals surface area contributed by atoms with Crippen LogP contribution in [0.1, 0.15) is 24.5 Å². The fourth-order valence-electron chi connectivity index (χ4n) is 1.71. The number of hydrogen-bond acceptors (Lipinski definition) is 2. The van der Waals surface area contributed by atoms with Crippen molar-refractivity contribution in [2.45, 2.75) is 25.8 Å². The Morgan fingerprint density at radius 3 is 3.15 bits per heavy atom. The zero-order valence-corrected chi connectivity index (χ0v) is 7.67. The van der Waals surface area contributed by atoms with Gasteiger partial charge in [0.05, 0.1) is 11.6 Å². The summed E-state index contributed by atoms with van der Waals surface area (Å²) in [6.07, 6.45) is 2.30. The molecule has 13 heavy (non-hydrogen) atoms. The first-order chi connectivity index (χ1) is 6.29. The third kappa shape index (κ3) is 1.50. The van der Waals surface area contributed by atoms with Crippen LogP contribution in [-0.4, -0.2) is 6.04 Å². The maximum absolute atomic E-state index is 8.73. The summed E-state index contributed by atoms with van der Waals surface area (Å²) in [5.41, 5.74) is 3.20. The maximum atomic E-state index is 8.73. The van der Waals surface area contributed by atoms with Gasteiger partial charge in [0.15, 0.2) is 0 Å². The Morgan fingerprint density at radius 1 is 1.54 bits per heavy atom. The summed E-state index contributed by atoms with van der Waals surface area (Å²) in [7, 11) is 0. The Hall–Kier alpha value is -1.49. The zero-order chi connectivity index (χ0) is 9.26. The molecule has 0 unspecified atom stereocenters. The summed E-state index contributed by atoms with van der Waals surface area (Å²) >= 11 is 0. The largest absolute Gasteiger partial charge is 0.382 e. The fourth-order valence-corrected chi connectivity index (χ4v) is 1.71. The molecule has 1 N–H and O–H groups in total. The molecule has 1 heterocycles. The number of hydrogen-bond donors (Lipinski definition) is 1. The van der Waals surface area contributed by atoms with Crippen molar-refractivity contribution in [1.29, 1.82) is 5.26 Å². The highest BCUT2D eigenvalue weighted by Crippen LogP contribution is 2.25. The van der Waals surface area contributed by atoms with E-state index in [9.17, 15) is 0 Å². The van der Waals surface area contributed by atoms with E-state index in [1.807, 2.05) is 18.2 Å². The maximum Gasteiger partial charge on any atom is 0.0992 e. The standard InChI is InChI=1S/C11H12N2/c1-8-2-4-10-5-3-9(7-12)6-11(10)13-8/h3,5-6,8,13H,2,4H2,1H3/t8-/m1/s1. The van der Waals surface area contributed by atoms with Crippen molar-refractivity contribution in [3.05, 3.63) is 29.3 Å². The van der Waals surface area contributed by atoms with E-state index in [2.05, 4.69) is 18.3 Å². The molecule has 1 aliphatic rings. The van der Waals surface area contributed by atoms with Crippen LogP contribution in [0.2, 0.25) is 0 Å². The van der Waals surface area contributed by atoms with E-state index in [0.717, 1.165) is 17.7 Å². The molecule has 1 aromatic carbocycles. The van der Waals surface area contributed by atoms with Crippen molar-refractivity contribution < 1.29 is 0 Å². The van der Waals surface area contributed by atoms with Crippen molar-refractivity contribution in [3.8, 4) is 6.07 Å². The van der Waals surface area contributed by atoms with Crippen molar-refractivity contribution >= 4 is 5.69 Å². The van der Waals surface area contributed by atoms with Crippen molar-refractivity contribution in [2.24, 2.45) is 0 Å². The van der Waals surface area contributed by atoms with Crippen molar-refractivity contribution in [1.82, 2.24) is 0 Å². The van der Waals surface area contributed by atoms with E-state index in [-0.39, 0.29) is 0 Å². The number of anilines is 1. The van der Waals surface area contributed by atoms with Gasteiger partial charge in [0.1, 0.15) is 0 Å². The van der Waals surface area contributed by atoms with Crippen molar-refractivity contribution in [2.75, 3.05) is 5.32 Å². The summed E-state index contributed by atoms with van der Waals surface area (Å²) in [4.78, 5) is 0. The Bertz CT molecular complexity index is 363. The molecule has 2 heteroatoms. The second-order valence-corrected chi connectivity index (χ2v) is 3.57. The van der Waals surface area contributed by atoms with Crippen LogP contribution < -0.4 is 5.32 Å². The molecule has 2 nitrogen and oxygen atoms in total. The molecular weight excluding hydrogens is 160 g/mol. The lowest BCUT2D eigenvalue weighted by molar-refractivity contribution is 0.681. The van der Waals surface area contributed by atoms with Crippen LogP contribution in [0.4, 0.5) is 5.69 Å². The average Bonchev–Trinajstić information content (AvgIpc) is 2.16. The third-order valence-corrected chi connectivity index (χ3v) is 2.49. The predicted molar refractivity (Wildman–Crippen MR) is 52.6 cm³/mol. The van der Waals surface area contributed by atoms with Gasteiger partial charge in [0, 0.05) is 11.7 Å². The van der Waals surface area contributed by atoms with Crippen molar-refractivity contribution in [3.63, 3.8) is 0 Å². The molecule has 66 valence electrons. The van der Waals surface area contributed by atoms with Crippen LogP contribution >= 0.6 is 0 Å². The Labute approximate surface area is 78.2 Å². The van der Waals surface area contributed by atoms with E-state index >= 15 is 0 Å². The summed E-state index contributed by atoms with van der Waals surface area (Å²) in [6, 6.07) is 8.55. The minimum Gasteiger partial charge on any atom is -0.382 e. The number of benzene rings is 1. The van der Waals surface area contributed by atoms with E-state index in [1.54, 1.807) is 0 Å². The van der Waals surface area contributed by atoms with Gasteiger partial charge in [0.2, 0.25) is 0 Å². The normalized spacial score (nSPS) is 19.8. The SMILES string of the molecule is C[C@@H]1CCc2ccc(C#N)cc2N1. The lowest BCUT2D eigenvalue weighted by atomic mass is 9.98. The highest BCUT2D eigenvalue weighted by Gasteiger charge is 2.13. The molecule has 0 amide bonds. The highest BCUT2D eigenvalue weighted by atomic mass is 14.9. The topological polar surface area (TPSA) is 35.8 Å². The third-order valence-electron chi connectivity index (χ3n) is 2.49. The van der Waals surface area contributed by atoms with E-state index < -0.39 is 0 Å². The van der Waals surface area contributed by atoms with Gasteiger partial charge in [-0.1, -0.05) is 6.07 Å². The molecule has 1 aliphatic heterocycles. The average molecular weight is 172 g/mol. The summed E-state index contributed by atoms with van der Waals surface area (Å²) in [6.45, 7) is 2.17. The van der Waals surface area contributed by atoms with Crippen LogP contribution in [-0.2, 0) is 6.42 Å². The van der Waals surface area contributed by atoms with Crippen LogP contribution in [0, 0.1) is 11.3 Å². The molecule has 0 aromatic heterocycles. The van der Waals surface area contributed by atoms with Gasteiger partial charge < -0.3 is 5.32 Å². The molecule has 0 fully saturated rings. The number of rotatable bonds is 0. The Kier molecular flexibility index (Phi) is 1.94.